The molecule has 0 bridgehead atoms. The van der Waals surface area contributed by atoms with Gasteiger partial charge in [-0.15, -0.1) is 0 Å². The van der Waals surface area contributed by atoms with Crippen molar-refractivity contribution in [3.8, 4) is 0 Å². The molecular formula is C9H16O2. The van der Waals surface area contributed by atoms with Gasteiger partial charge in [0.25, 0.3) is 0 Å². The Morgan fingerprint density at radius 2 is 1.91 bits per heavy atom. The molecule has 11 heavy (non-hydrogen) atoms. The molecule has 0 amide bonds. The quantitative estimate of drug-likeness (QED) is 0.558. The van der Waals surface area contributed by atoms with Crippen LogP contribution in [0.25, 0.3) is 0 Å². The number of hydrogen-bond donors (Lipinski definition) is 2. The van der Waals surface area contributed by atoms with Crippen LogP contribution in [0.3, 0.4) is 0 Å². The van der Waals surface area contributed by atoms with E-state index < -0.39 is 0 Å². The summed E-state index contributed by atoms with van der Waals surface area (Å²) in [6, 6.07) is 0. The van der Waals surface area contributed by atoms with E-state index in [-0.39, 0.29) is 18.6 Å². The van der Waals surface area contributed by atoms with Gasteiger partial charge in [0.1, 0.15) is 0 Å². The molecule has 0 saturated heterocycles. The van der Waals surface area contributed by atoms with E-state index in [1.807, 2.05) is 6.08 Å². The normalized spacial score (nSPS) is 32.9. The lowest BCUT2D eigenvalue weighted by Crippen LogP contribution is -2.10. The van der Waals surface area contributed by atoms with Gasteiger partial charge in [-0.25, -0.2) is 0 Å². The highest BCUT2D eigenvalue weighted by molar-refractivity contribution is 4.94. The van der Waals surface area contributed by atoms with E-state index >= 15 is 0 Å². The zero-order valence-electron chi connectivity index (χ0n) is 6.74. The van der Waals surface area contributed by atoms with Crippen LogP contribution in [0.5, 0.6) is 0 Å². The van der Waals surface area contributed by atoms with Gasteiger partial charge >= 0.3 is 0 Å². The van der Waals surface area contributed by atoms with E-state index in [2.05, 4.69) is 0 Å². The fraction of sp³-hybridized carbons (Fsp3) is 0.778. The topological polar surface area (TPSA) is 40.5 Å². The van der Waals surface area contributed by atoms with Gasteiger partial charge in [-0.1, -0.05) is 25.0 Å². The molecule has 0 aliphatic heterocycles. The Bertz CT molecular complexity index is 132. The molecular weight excluding hydrogens is 140 g/mol. The van der Waals surface area contributed by atoms with Crippen LogP contribution >= 0.6 is 0 Å². The van der Waals surface area contributed by atoms with E-state index in [1.54, 1.807) is 6.08 Å². The van der Waals surface area contributed by atoms with Gasteiger partial charge in [0.05, 0.1) is 6.10 Å². The first kappa shape index (κ1) is 8.75. The molecule has 1 aliphatic rings. The summed E-state index contributed by atoms with van der Waals surface area (Å²) in [4.78, 5) is 0. The standard InChI is InChI=1S/C9H16O2/c10-7-8-3-1-2-4-9(11)6-5-8/h5-6,8-11H,1-4,7H2. The maximum atomic E-state index is 9.26. The highest BCUT2D eigenvalue weighted by Gasteiger charge is 2.08. The molecule has 0 spiro atoms. The predicted octanol–water partition coefficient (Wildman–Crippen LogP) is 1.09. The minimum Gasteiger partial charge on any atom is -0.396 e. The zero-order valence-corrected chi connectivity index (χ0v) is 6.74. The summed E-state index contributed by atoms with van der Waals surface area (Å²) in [5, 5.41) is 18.1. The molecule has 2 N–H and O–H groups in total. The lowest BCUT2D eigenvalue weighted by atomic mass is 9.96. The first-order valence-electron chi connectivity index (χ1n) is 4.30. The smallest absolute Gasteiger partial charge is 0.0721 e. The van der Waals surface area contributed by atoms with Crippen molar-refractivity contribution in [2.24, 2.45) is 5.92 Å². The highest BCUT2D eigenvalue weighted by Crippen LogP contribution is 2.16. The van der Waals surface area contributed by atoms with E-state index in [4.69, 9.17) is 5.11 Å². The Kier molecular flexibility index (Phi) is 3.60. The van der Waals surface area contributed by atoms with Crippen molar-refractivity contribution in [1.29, 1.82) is 0 Å². The molecule has 1 aliphatic carbocycles. The highest BCUT2D eigenvalue weighted by atomic mass is 16.3. The maximum absolute atomic E-state index is 9.26. The largest absolute Gasteiger partial charge is 0.396 e. The van der Waals surface area contributed by atoms with Gasteiger partial charge in [0.2, 0.25) is 0 Å². The minimum atomic E-state index is -0.288. The second kappa shape index (κ2) is 4.52. The second-order valence-electron chi connectivity index (χ2n) is 3.18. The average molecular weight is 156 g/mol. The first-order valence-corrected chi connectivity index (χ1v) is 4.30. The van der Waals surface area contributed by atoms with Gasteiger partial charge in [0, 0.05) is 12.5 Å². The van der Waals surface area contributed by atoms with Crippen LogP contribution in [-0.4, -0.2) is 22.9 Å². The van der Waals surface area contributed by atoms with Gasteiger partial charge in [-0.05, 0) is 12.8 Å². The van der Waals surface area contributed by atoms with Gasteiger partial charge in [-0.2, -0.15) is 0 Å². The van der Waals surface area contributed by atoms with Crippen molar-refractivity contribution >= 4 is 0 Å². The Labute approximate surface area is 67.6 Å². The Morgan fingerprint density at radius 1 is 1.18 bits per heavy atom. The van der Waals surface area contributed by atoms with Crippen LogP contribution in [0.4, 0.5) is 0 Å². The summed E-state index contributed by atoms with van der Waals surface area (Å²) in [6.07, 6.45) is 7.57. The number of aliphatic hydroxyl groups is 2. The molecule has 0 saturated carbocycles. The third-order valence-corrected chi connectivity index (χ3v) is 2.16. The lowest BCUT2D eigenvalue weighted by Gasteiger charge is -2.14. The van der Waals surface area contributed by atoms with Crippen LogP contribution in [0.15, 0.2) is 12.2 Å². The van der Waals surface area contributed by atoms with Gasteiger partial charge < -0.3 is 10.2 Å². The van der Waals surface area contributed by atoms with Crippen LogP contribution < -0.4 is 0 Å². The summed E-state index contributed by atoms with van der Waals surface area (Å²) in [5.41, 5.74) is 0. The number of hydrogen-bond acceptors (Lipinski definition) is 2. The van der Waals surface area contributed by atoms with Crippen LogP contribution in [0.1, 0.15) is 25.7 Å². The molecule has 0 heterocycles. The minimum absolute atomic E-state index is 0.212. The summed E-state index contributed by atoms with van der Waals surface area (Å²) in [5.74, 6) is 0.268. The van der Waals surface area contributed by atoms with Gasteiger partial charge in [0.15, 0.2) is 0 Å². The Morgan fingerprint density at radius 3 is 2.64 bits per heavy atom. The van der Waals surface area contributed by atoms with Crippen molar-refractivity contribution in [2.75, 3.05) is 6.61 Å². The fourth-order valence-electron chi connectivity index (χ4n) is 1.39. The third kappa shape index (κ3) is 3.04. The summed E-state index contributed by atoms with van der Waals surface area (Å²) in [6.45, 7) is 0.212. The predicted molar refractivity (Wildman–Crippen MR) is 44.2 cm³/mol. The van der Waals surface area contributed by atoms with Crippen molar-refractivity contribution < 1.29 is 10.2 Å². The lowest BCUT2D eigenvalue weighted by molar-refractivity contribution is 0.195. The molecule has 1 rings (SSSR count). The molecule has 0 aromatic rings. The summed E-state index contributed by atoms with van der Waals surface area (Å²) < 4.78 is 0. The molecule has 0 aromatic heterocycles. The van der Waals surface area contributed by atoms with E-state index in [1.165, 1.54) is 0 Å². The molecule has 2 unspecified atom stereocenters. The monoisotopic (exact) mass is 156 g/mol. The van der Waals surface area contributed by atoms with Crippen LogP contribution in [0, 0.1) is 5.92 Å². The SMILES string of the molecule is OCC1C=CC(O)CCCC1. The van der Waals surface area contributed by atoms with Crippen LogP contribution in [0.2, 0.25) is 0 Å². The van der Waals surface area contributed by atoms with E-state index in [9.17, 15) is 5.11 Å². The van der Waals surface area contributed by atoms with Crippen molar-refractivity contribution in [3.63, 3.8) is 0 Å². The van der Waals surface area contributed by atoms with E-state index in [0.29, 0.717) is 0 Å². The molecule has 2 nitrogen and oxygen atoms in total. The molecule has 2 atom stereocenters. The van der Waals surface area contributed by atoms with Gasteiger partial charge in [-0.3, -0.25) is 0 Å². The molecule has 0 aromatic carbocycles. The fourth-order valence-corrected chi connectivity index (χ4v) is 1.39. The second-order valence-corrected chi connectivity index (χ2v) is 3.18. The Hall–Kier alpha value is -0.340. The Balaban J connectivity index is 2.43. The average Bonchev–Trinajstić information content (AvgIpc) is 1.98. The van der Waals surface area contributed by atoms with Crippen molar-refractivity contribution in [2.45, 2.75) is 31.8 Å². The molecule has 0 radical (unpaired) electrons. The first-order chi connectivity index (χ1) is 5.33. The zero-order chi connectivity index (χ0) is 8.10. The van der Waals surface area contributed by atoms with Crippen molar-refractivity contribution in [1.82, 2.24) is 0 Å². The molecule has 2 heteroatoms. The maximum Gasteiger partial charge on any atom is 0.0721 e. The molecule has 0 fully saturated rings. The summed E-state index contributed by atoms with van der Waals surface area (Å²) >= 11 is 0. The molecule has 64 valence electrons. The number of rotatable bonds is 1. The third-order valence-electron chi connectivity index (χ3n) is 2.16. The van der Waals surface area contributed by atoms with Crippen molar-refractivity contribution in [3.05, 3.63) is 12.2 Å². The van der Waals surface area contributed by atoms with Crippen LogP contribution in [-0.2, 0) is 0 Å². The summed E-state index contributed by atoms with van der Waals surface area (Å²) in [7, 11) is 0. The number of aliphatic hydroxyl groups excluding tert-OH is 2. The van der Waals surface area contributed by atoms with E-state index in [0.717, 1.165) is 25.7 Å².